The van der Waals surface area contributed by atoms with Crippen molar-refractivity contribution in [3.05, 3.63) is 36.5 Å². The van der Waals surface area contributed by atoms with Crippen LogP contribution in [-0.2, 0) is 6.18 Å². The normalized spacial score (nSPS) is 11.4. The van der Waals surface area contributed by atoms with E-state index in [1.807, 2.05) is 0 Å². The molecule has 0 radical (unpaired) electrons. The van der Waals surface area contributed by atoms with Crippen molar-refractivity contribution < 1.29 is 13.2 Å². The molecule has 0 unspecified atom stereocenters. The molecule has 0 N–H and O–H groups in total. The number of rotatable bonds is 3. The fourth-order valence-electron chi connectivity index (χ4n) is 0.778. The molecule has 14 heavy (non-hydrogen) atoms. The molecule has 0 atom stereocenters. The van der Waals surface area contributed by atoms with E-state index in [1.54, 1.807) is 6.08 Å². The van der Waals surface area contributed by atoms with Gasteiger partial charge in [0.25, 0.3) is 0 Å². The summed E-state index contributed by atoms with van der Waals surface area (Å²) in [6, 6.07) is 2.38. The van der Waals surface area contributed by atoms with Crippen LogP contribution in [0.25, 0.3) is 0 Å². The van der Waals surface area contributed by atoms with Crippen LogP contribution < -0.4 is 0 Å². The monoisotopic (exact) mass is 219 g/mol. The van der Waals surface area contributed by atoms with Crippen molar-refractivity contribution in [1.29, 1.82) is 0 Å². The molecule has 76 valence electrons. The largest absolute Gasteiger partial charge is 0.417 e. The molecule has 1 nitrogen and oxygen atoms in total. The van der Waals surface area contributed by atoms with Gasteiger partial charge in [-0.1, -0.05) is 6.08 Å². The number of alkyl halides is 3. The second-order valence-corrected chi connectivity index (χ2v) is 3.52. The van der Waals surface area contributed by atoms with Gasteiger partial charge in [0.05, 0.1) is 10.6 Å². The predicted molar refractivity (Wildman–Crippen MR) is 50.2 cm³/mol. The Morgan fingerprint density at radius 2 is 2.14 bits per heavy atom. The van der Waals surface area contributed by atoms with Gasteiger partial charge in [-0.05, 0) is 12.1 Å². The molecule has 1 heterocycles. The van der Waals surface area contributed by atoms with Crippen LogP contribution in [0.1, 0.15) is 5.56 Å². The molecule has 0 aliphatic heterocycles. The Kier molecular flexibility index (Phi) is 3.57. The topological polar surface area (TPSA) is 12.9 Å². The Morgan fingerprint density at radius 3 is 2.57 bits per heavy atom. The van der Waals surface area contributed by atoms with Crippen LogP contribution in [-0.4, -0.2) is 10.7 Å². The van der Waals surface area contributed by atoms with E-state index >= 15 is 0 Å². The van der Waals surface area contributed by atoms with Crippen molar-refractivity contribution in [1.82, 2.24) is 4.98 Å². The maximum absolute atomic E-state index is 12.1. The Bertz CT molecular complexity index is 305. The summed E-state index contributed by atoms with van der Waals surface area (Å²) in [5.74, 6) is 0.637. The Balaban J connectivity index is 2.73. The molecule has 0 bridgehead atoms. The SMILES string of the molecule is C=CCSc1ccc(C(F)(F)F)cn1. The third-order valence-corrected chi connectivity index (χ3v) is 2.35. The molecule has 0 aromatic carbocycles. The van der Waals surface area contributed by atoms with E-state index in [0.29, 0.717) is 10.8 Å². The van der Waals surface area contributed by atoms with E-state index in [1.165, 1.54) is 17.8 Å². The van der Waals surface area contributed by atoms with E-state index in [0.717, 1.165) is 12.3 Å². The van der Waals surface area contributed by atoms with Gasteiger partial charge in [0.2, 0.25) is 0 Å². The second-order valence-electron chi connectivity index (χ2n) is 2.48. The van der Waals surface area contributed by atoms with Crippen molar-refractivity contribution in [2.45, 2.75) is 11.2 Å². The van der Waals surface area contributed by atoms with Crippen LogP contribution in [0.4, 0.5) is 13.2 Å². The first-order chi connectivity index (χ1) is 6.54. The molecule has 0 spiro atoms. The fraction of sp³-hybridized carbons (Fsp3) is 0.222. The van der Waals surface area contributed by atoms with Crippen LogP contribution in [0.3, 0.4) is 0 Å². The fourth-order valence-corrected chi connectivity index (χ4v) is 1.36. The zero-order valence-corrected chi connectivity index (χ0v) is 8.03. The minimum atomic E-state index is -4.31. The summed E-state index contributed by atoms with van der Waals surface area (Å²) in [5, 5.41) is 0.568. The van der Waals surface area contributed by atoms with Gasteiger partial charge in [-0.15, -0.1) is 18.3 Å². The smallest absolute Gasteiger partial charge is 0.249 e. The summed E-state index contributed by atoms with van der Waals surface area (Å²) in [6.07, 6.45) is -1.80. The molecule has 0 aliphatic carbocycles. The maximum Gasteiger partial charge on any atom is 0.417 e. The lowest BCUT2D eigenvalue weighted by molar-refractivity contribution is -0.137. The highest BCUT2D eigenvalue weighted by Crippen LogP contribution is 2.29. The highest BCUT2D eigenvalue weighted by Gasteiger charge is 2.30. The van der Waals surface area contributed by atoms with E-state index in [4.69, 9.17) is 0 Å². The van der Waals surface area contributed by atoms with Crippen LogP contribution >= 0.6 is 11.8 Å². The molecule has 1 rings (SSSR count). The third kappa shape index (κ3) is 3.06. The molecule has 1 aromatic rings. The average Bonchev–Trinajstić information content (AvgIpc) is 2.14. The number of hydrogen-bond donors (Lipinski definition) is 0. The second kappa shape index (κ2) is 4.50. The summed E-state index contributed by atoms with van der Waals surface area (Å²) in [7, 11) is 0. The molecule has 1 aromatic heterocycles. The first-order valence-corrected chi connectivity index (χ1v) is 4.79. The summed E-state index contributed by atoms with van der Waals surface area (Å²) >= 11 is 1.34. The first-order valence-electron chi connectivity index (χ1n) is 3.81. The van der Waals surface area contributed by atoms with Crippen LogP contribution in [0.5, 0.6) is 0 Å². The van der Waals surface area contributed by atoms with Crippen LogP contribution in [0, 0.1) is 0 Å². The quantitative estimate of drug-likeness (QED) is 0.571. The predicted octanol–water partition coefficient (Wildman–Crippen LogP) is 3.38. The van der Waals surface area contributed by atoms with Gasteiger partial charge in [-0.3, -0.25) is 0 Å². The van der Waals surface area contributed by atoms with Gasteiger partial charge in [0.1, 0.15) is 0 Å². The van der Waals surface area contributed by atoms with Gasteiger partial charge in [0, 0.05) is 11.9 Å². The van der Waals surface area contributed by atoms with Crippen LogP contribution in [0.15, 0.2) is 36.0 Å². The van der Waals surface area contributed by atoms with Gasteiger partial charge in [-0.25, -0.2) is 4.98 Å². The van der Waals surface area contributed by atoms with Gasteiger partial charge in [0.15, 0.2) is 0 Å². The lowest BCUT2D eigenvalue weighted by Crippen LogP contribution is -2.05. The van der Waals surface area contributed by atoms with E-state index in [2.05, 4.69) is 11.6 Å². The standard InChI is InChI=1S/C9H8F3NS/c1-2-5-14-8-4-3-7(6-13-8)9(10,11)12/h2-4,6H,1,5H2. The molecule has 0 fully saturated rings. The molecule has 0 saturated heterocycles. The number of thioether (sulfide) groups is 1. The molecule has 5 heteroatoms. The van der Waals surface area contributed by atoms with Crippen molar-refractivity contribution in [3.8, 4) is 0 Å². The van der Waals surface area contributed by atoms with Crippen molar-refractivity contribution in [2.75, 3.05) is 5.75 Å². The lowest BCUT2D eigenvalue weighted by atomic mass is 10.3. The Morgan fingerprint density at radius 1 is 1.43 bits per heavy atom. The minimum absolute atomic E-state index is 0.568. The number of pyridine rings is 1. The first kappa shape index (κ1) is 11.1. The molecular formula is C9H8F3NS. The van der Waals surface area contributed by atoms with Crippen molar-refractivity contribution >= 4 is 11.8 Å². The Hall–Kier alpha value is -0.970. The summed E-state index contributed by atoms with van der Waals surface area (Å²) in [6.45, 7) is 3.50. The average molecular weight is 219 g/mol. The highest BCUT2D eigenvalue weighted by atomic mass is 32.2. The Labute approximate surface area is 84.0 Å². The summed E-state index contributed by atoms with van der Waals surface area (Å²) in [5.41, 5.74) is -0.722. The zero-order valence-electron chi connectivity index (χ0n) is 7.21. The van der Waals surface area contributed by atoms with E-state index in [9.17, 15) is 13.2 Å². The number of aromatic nitrogens is 1. The third-order valence-electron chi connectivity index (χ3n) is 1.41. The van der Waals surface area contributed by atoms with E-state index in [-0.39, 0.29) is 0 Å². The number of hydrogen-bond acceptors (Lipinski definition) is 2. The van der Waals surface area contributed by atoms with Gasteiger partial charge >= 0.3 is 6.18 Å². The van der Waals surface area contributed by atoms with E-state index < -0.39 is 11.7 Å². The molecule has 0 amide bonds. The van der Waals surface area contributed by atoms with Crippen LogP contribution in [0.2, 0.25) is 0 Å². The number of halogens is 3. The van der Waals surface area contributed by atoms with Crippen molar-refractivity contribution in [3.63, 3.8) is 0 Å². The minimum Gasteiger partial charge on any atom is -0.249 e. The van der Waals surface area contributed by atoms with Gasteiger partial charge in [-0.2, -0.15) is 13.2 Å². The molecular weight excluding hydrogens is 211 g/mol. The maximum atomic E-state index is 12.1. The summed E-state index contributed by atoms with van der Waals surface area (Å²) < 4.78 is 36.3. The van der Waals surface area contributed by atoms with Gasteiger partial charge < -0.3 is 0 Å². The zero-order chi connectivity index (χ0) is 10.6. The van der Waals surface area contributed by atoms with Crippen molar-refractivity contribution in [2.24, 2.45) is 0 Å². The summed E-state index contributed by atoms with van der Waals surface area (Å²) in [4.78, 5) is 3.68. The highest BCUT2D eigenvalue weighted by molar-refractivity contribution is 7.99. The number of nitrogens with zero attached hydrogens (tertiary/aromatic N) is 1. The molecule has 0 saturated carbocycles. The molecule has 0 aliphatic rings. The lowest BCUT2D eigenvalue weighted by Gasteiger charge is -2.05.